The Bertz CT molecular complexity index is 559. The average Bonchev–Trinajstić information content (AvgIpc) is 2.32. The van der Waals surface area contributed by atoms with Crippen LogP contribution >= 0.6 is 11.6 Å². The molecule has 106 valence electrons. The van der Waals surface area contributed by atoms with Gasteiger partial charge in [0.05, 0.1) is 17.1 Å². The number of sulfone groups is 1. The molecule has 2 rings (SSSR count). The minimum absolute atomic E-state index is 0.128. The summed E-state index contributed by atoms with van der Waals surface area (Å²) in [6.07, 6.45) is 1.07. The standard InChI is InChI=1S/C13H16ClFO3S/c14-11-8-10(15)5-4-9(11)7-12(16)13-3-1-2-6-19(13,17)18/h4-5,8,12-13,16H,1-3,6-7H2. The van der Waals surface area contributed by atoms with Crippen molar-refractivity contribution in [1.82, 2.24) is 0 Å². The van der Waals surface area contributed by atoms with E-state index in [0.29, 0.717) is 18.4 Å². The number of aliphatic hydroxyl groups is 1. The average molecular weight is 307 g/mol. The highest BCUT2D eigenvalue weighted by Crippen LogP contribution is 2.26. The van der Waals surface area contributed by atoms with Crippen molar-refractivity contribution in [2.75, 3.05) is 5.75 Å². The van der Waals surface area contributed by atoms with Crippen LogP contribution in [0.1, 0.15) is 24.8 Å². The van der Waals surface area contributed by atoms with Crippen LogP contribution in [0.15, 0.2) is 18.2 Å². The molecule has 2 unspecified atom stereocenters. The summed E-state index contributed by atoms with van der Waals surface area (Å²) in [5.74, 6) is -0.320. The normalized spacial score (nSPS) is 24.1. The van der Waals surface area contributed by atoms with Crippen LogP contribution in [0.5, 0.6) is 0 Å². The lowest BCUT2D eigenvalue weighted by molar-refractivity contribution is 0.162. The van der Waals surface area contributed by atoms with Crippen LogP contribution in [-0.4, -0.2) is 30.6 Å². The molecule has 19 heavy (non-hydrogen) atoms. The lowest BCUT2D eigenvalue weighted by Gasteiger charge is -2.26. The highest BCUT2D eigenvalue weighted by Gasteiger charge is 2.34. The fourth-order valence-electron chi connectivity index (χ4n) is 2.46. The van der Waals surface area contributed by atoms with E-state index in [-0.39, 0.29) is 17.2 Å². The molecule has 2 atom stereocenters. The van der Waals surface area contributed by atoms with Crippen molar-refractivity contribution in [3.05, 3.63) is 34.6 Å². The first-order valence-electron chi connectivity index (χ1n) is 6.24. The van der Waals surface area contributed by atoms with Gasteiger partial charge in [-0.1, -0.05) is 24.1 Å². The first kappa shape index (κ1) is 14.8. The van der Waals surface area contributed by atoms with Gasteiger partial charge in [0.15, 0.2) is 9.84 Å². The Labute approximate surface area is 117 Å². The fraction of sp³-hybridized carbons (Fsp3) is 0.538. The summed E-state index contributed by atoms with van der Waals surface area (Å²) in [4.78, 5) is 0. The Balaban J connectivity index is 2.14. The molecule has 1 heterocycles. The van der Waals surface area contributed by atoms with E-state index in [1.165, 1.54) is 18.2 Å². The van der Waals surface area contributed by atoms with Crippen LogP contribution in [0.3, 0.4) is 0 Å². The zero-order valence-corrected chi connectivity index (χ0v) is 11.9. The number of hydrogen-bond donors (Lipinski definition) is 1. The largest absolute Gasteiger partial charge is 0.391 e. The molecule has 0 aliphatic carbocycles. The van der Waals surface area contributed by atoms with Crippen LogP contribution in [0, 0.1) is 5.82 Å². The molecule has 1 N–H and O–H groups in total. The number of aliphatic hydroxyl groups excluding tert-OH is 1. The van der Waals surface area contributed by atoms with E-state index in [2.05, 4.69) is 0 Å². The zero-order valence-electron chi connectivity index (χ0n) is 10.4. The zero-order chi connectivity index (χ0) is 14.0. The third-order valence-corrected chi connectivity index (χ3v) is 6.18. The summed E-state index contributed by atoms with van der Waals surface area (Å²) in [6.45, 7) is 0. The van der Waals surface area contributed by atoms with Gasteiger partial charge in [-0.15, -0.1) is 0 Å². The number of hydrogen-bond acceptors (Lipinski definition) is 3. The summed E-state index contributed by atoms with van der Waals surface area (Å²) in [5, 5.41) is 9.61. The number of benzene rings is 1. The molecule has 1 aliphatic heterocycles. The Morgan fingerprint density at radius 2 is 2.16 bits per heavy atom. The molecule has 0 spiro atoms. The molecule has 0 amide bonds. The molecule has 3 nitrogen and oxygen atoms in total. The molecule has 1 saturated heterocycles. The minimum atomic E-state index is -3.23. The van der Waals surface area contributed by atoms with Crippen LogP contribution in [0.25, 0.3) is 0 Å². The molecular formula is C13H16ClFO3S. The van der Waals surface area contributed by atoms with Crippen LogP contribution < -0.4 is 0 Å². The number of rotatable bonds is 3. The third kappa shape index (κ3) is 3.46. The maximum atomic E-state index is 12.9. The molecule has 0 radical (unpaired) electrons. The van der Waals surface area contributed by atoms with Crippen LogP contribution in [-0.2, 0) is 16.3 Å². The van der Waals surface area contributed by atoms with E-state index in [9.17, 15) is 17.9 Å². The van der Waals surface area contributed by atoms with Gasteiger partial charge in [-0.3, -0.25) is 0 Å². The van der Waals surface area contributed by atoms with Crippen molar-refractivity contribution in [2.24, 2.45) is 0 Å². The first-order valence-corrected chi connectivity index (χ1v) is 8.33. The highest BCUT2D eigenvalue weighted by molar-refractivity contribution is 7.92. The van der Waals surface area contributed by atoms with E-state index < -0.39 is 27.0 Å². The van der Waals surface area contributed by atoms with Gasteiger partial charge in [-0.05, 0) is 30.5 Å². The summed E-state index contributed by atoms with van der Waals surface area (Å²) in [6, 6.07) is 3.90. The molecule has 0 saturated carbocycles. The fourth-order valence-corrected chi connectivity index (χ4v) is 4.71. The predicted octanol–water partition coefficient (Wildman–Crippen LogP) is 2.35. The molecule has 1 aromatic rings. The maximum absolute atomic E-state index is 12.9. The summed E-state index contributed by atoms with van der Waals surface area (Å²) in [5.41, 5.74) is 0.566. The summed E-state index contributed by atoms with van der Waals surface area (Å²) >= 11 is 5.88. The molecule has 1 aromatic carbocycles. The topological polar surface area (TPSA) is 54.4 Å². The van der Waals surface area contributed by atoms with E-state index in [1.54, 1.807) is 0 Å². The third-order valence-electron chi connectivity index (χ3n) is 3.50. The Morgan fingerprint density at radius 3 is 2.79 bits per heavy atom. The molecule has 1 aliphatic rings. The Kier molecular flexibility index (Phi) is 4.48. The molecule has 6 heteroatoms. The minimum Gasteiger partial charge on any atom is -0.391 e. The van der Waals surface area contributed by atoms with Gasteiger partial charge in [0.2, 0.25) is 0 Å². The van der Waals surface area contributed by atoms with Gasteiger partial charge in [0.1, 0.15) is 5.82 Å². The van der Waals surface area contributed by atoms with Gasteiger partial charge in [0, 0.05) is 11.4 Å². The monoisotopic (exact) mass is 306 g/mol. The second-order valence-electron chi connectivity index (χ2n) is 4.91. The van der Waals surface area contributed by atoms with E-state index >= 15 is 0 Å². The SMILES string of the molecule is O=S1(=O)CCCCC1C(O)Cc1ccc(F)cc1Cl. The lowest BCUT2D eigenvalue weighted by Crippen LogP contribution is -2.39. The Morgan fingerprint density at radius 1 is 1.42 bits per heavy atom. The molecule has 0 bridgehead atoms. The van der Waals surface area contributed by atoms with Crippen LogP contribution in [0.2, 0.25) is 5.02 Å². The summed E-state index contributed by atoms with van der Waals surface area (Å²) < 4.78 is 36.7. The second-order valence-corrected chi connectivity index (χ2v) is 7.66. The first-order chi connectivity index (χ1) is 8.90. The quantitative estimate of drug-likeness (QED) is 0.932. The molecular weight excluding hydrogens is 291 g/mol. The van der Waals surface area contributed by atoms with Crippen LogP contribution in [0.4, 0.5) is 4.39 Å². The van der Waals surface area contributed by atoms with Crippen molar-refractivity contribution in [1.29, 1.82) is 0 Å². The predicted molar refractivity (Wildman–Crippen MR) is 72.5 cm³/mol. The lowest BCUT2D eigenvalue weighted by atomic mass is 10.0. The van der Waals surface area contributed by atoms with Crippen molar-refractivity contribution in [2.45, 2.75) is 37.0 Å². The molecule has 1 fully saturated rings. The van der Waals surface area contributed by atoms with Gasteiger partial charge in [-0.2, -0.15) is 0 Å². The van der Waals surface area contributed by atoms with Gasteiger partial charge in [-0.25, -0.2) is 12.8 Å². The van der Waals surface area contributed by atoms with Gasteiger partial charge in [0.25, 0.3) is 0 Å². The van der Waals surface area contributed by atoms with Crippen molar-refractivity contribution < 1.29 is 17.9 Å². The van der Waals surface area contributed by atoms with Gasteiger partial charge >= 0.3 is 0 Å². The molecule has 0 aromatic heterocycles. The van der Waals surface area contributed by atoms with Crippen molar-refractivity contribution in [3.63, 3.8) is 0 Å². The second kappa shape index (κ2) is 5.77. The van der Waals surface area contributed by atoms with Crippen molar-refractivity contribution >= 4 is 21.4 Å². The van der Waals surface area contributed by atoms with Crippen molar-refractivity contribution in [3.8, 4) is 0 Å². The van der Waals surface area contributed by atoms with E-state index in [0.717, 1.165) is 6.42 Å². The maximum Gasteiger partial charge on any atom is 0.155 e. The summed E-state index contributed by atoms with van der Waals surface area (Å²) in [7, 11) is -3.23. The highest BCUT2D eigenvalue weighted by atomic mass is 35.5. The Hall–Kier alpha value is -0.650. The van der Waals surface area contributed by atoms with E-state index in [1.807, 2.05) is 0 Å². The number of halogens is 2. The van der Waals surface area contributed by atoms with E-state index in [4.69, 9.17) is 11.6 Å². The van der Waals surface area contributed by atoms with Gasteiger partial charge < -0.3 is 5.11 Å². The smallest absolute Gasteiger partial charge is 0.155 e.